The van der Waals surface area contributed by atoms with Crippen LogP contribution < -0.4 is 0 Å². The van der Waals surface area contributed by atoms with Gasteiger partial charge in [0.05, 0.1) is 12.2 Å². The van der Waals surface area contributed by atoms with E-state index >= 15 is 0 Å². The Kier molecular flexibility index (Phi) is 8.78. The molecule has 2 N–H and O–H groups in total. The second kappa shape index (κ2) is 10.1. The van der Waals surface area contributed by atoms with Gasteiger partial charge in [0.2, 0.25) is 0 Å². The maximum Gasteiger partial charge on any atom is 0.0824 e. The molecule has 2 atom stereocenters. The van der Waals surface area contributed by atoms with Gasteiger partial charge in [0.1, 0.15) is 0 Å². The smallest absolute Gasteiger partial charge is 0.0824 e. The fourth-order valence-corrected chi connectivity index (χ4v) is 2.38. The third kappa shape index (κ3) is 6.18. The summed E-state index contributed by atoms with van der Waals surface area (Å²) >= 11 is 3.24. The molecule has 4 heteroatoms. The molecular formula is C16H22O2S2. The van der Waals surface area contributed by atoms with Crippen molar-refractivity contribution < 1.29 is 10.2 Å². The lowest BCUT2D eigenvalue weighted by atomic mass is 10.0. The van der Waals surface area contributed by atoms with Crippen molar-refractivity contribution in [1.82, 2.24) is 0 Å². The number of aliphatic hydroxyl groups is 2. The van der Waals surface area contributed by atoms with Crippen LogP contribution in [0.25, 0.3) is 0 Å². The van der Waals surface area contributed by atoms with Crippen LogP contribution in [-0.4, -0.2) is 22.7 Å². The van der Waals surface area contributed by atoms with E-state index < -0.39 is 12.2 Å². The highest BCUT2D eigenvalue weighted by atomic mass is 32.2. The topological polar surface area (TPSA) is 40.5 Å². The van der Waals surface area contributed by atoms with Crippen LogP contribution in [0.5, 0.6) is 0 Å². The molecule has 1 aromatic rings. The maximum atomic E-state index is 10.0. The van der Waals surface area contributed by atoms with Crippen LogP contribution in [0.4, 0.5) is 0 Å². The zero-order chi connectivity index (χ0) is 14.8. The molecule has 0 bridgehead atoms. The second-order valence-electron chi connectivity index (χ2n) is 4.38. The summed E-state index contributed by atoms with van der Waals surface area (Å²) < 4.78 is 0. The minimum absolute atomic E-state index is 0.485. The summed E-state index contributed by atoms with van der Waals surface area (Å²) in [6, 6.07) is 7.53. The summed E-state index contributed by atoms with van der Waals surface area (Å²) in [5.41, 5.74) is 1.76. The van der Waals surface area contributed by atoms with Gasteiger partial charge in [-0.15, -0.1) is 23.5 Å². The van der Waals surface area contributed by atoms with E-state index in [9.17, 15) is 10.2 Å². The molecule has 0 aliphatic rings. The molecule has 20 heavy (non-hydrogen) atoms. The third-order valence-corrected chi connectivity index (χ3v) is 3.82. The van der Waals surface area contributed by atoms with Crippen LogP contribution in [0, 0.1) is 0 Å². The first-order valence-electron chi connectivity index (χ1n) is 6.50. The summed E-state index contributed by atoms with van der Waals surface area (Å²) in [6.07, 6.45) is 8.16. The minimum Gasteiger partial charge on any atom is -0.388 e. The number of hydrogen-bond acceptors (Lipinski definition) is 4. The summed E-state index contributed by atoms with van der Waals surface area (Å²) in [4.78, 5) is 0. The third-order valence-electron chi connectivity index (χ3n) is 2.89. The Morgan fingerprint density at radius 3 is 1.50 bits per heavy atom. The zero-order valence-electron chi connectivity index (χ0n) is 11.9. The van der Waals surface area contributed by atoms with Crippen molar-refractivity contribution >= 4 is 23.5 Å². The number of thioether (sulfide) groups is 2. The van der Waals surface area contributed by atoms with Gasteiger partial charge in [0.25, 0.3) is 0 Å². The van der Waals surface area contributed by atoms with E-state index in [1.165, 1.54) is 0 Å². The Morgan fingerprint density at radius 2 is 1.20 bits per heavy atom. The number of benzene rings is 1. The average Bonchev–Trinajstić information content (AvgIpc) is 2.47. The summed E-state index contributed by atoms with van der Waals surface area (Å²) in [5.74, 6) is 0. The first-order valence-corrected chi connectivity index (χ1v) is 9.08. The van der Waals surface area contributed by atoms with Gasteiger partial charge in [-0.1, -0.05) is 36.4 Å². The van der Waals surface area contributed by atoms with Crippen LogP contribution in [0.1, 0.15) is 36.2 Å². The monoisotopic (exact) mass is 310 g/mol. The van der Waals surface area contributed by atoms with Crippen molar-refractivity contribution in [3.05, 3.63) is 58.4 Å². The summed E-state index contributed by atoms with van der Waals surface area (Å²) in [6.45, 7) is 0. The summed E-state index contributed by atoms with van der Waals surface area (Å²) in [7, 11) is 0. The normalized spacial score (nSPS) is 15.0. The molecule has 0 radical (unpaired) electrons. The van der Waals surface area contributed by atoms with Crippen LogP contribution >= 0.6 is 23.5 Å². The Bertz CT molecular complexity index is 386. The molecule has 0 saturated carbocycles. The van der Waals surface area contributed by atoms with E-state index in [1.54, 1.807) is 23.5 Å². The van der Waals surface area contributed by atoms with E-state index in [2.05, 4.69) is 0 Å². The maximum absolute atomic E-state index is 10.0. The van der Waals surface area contributed by atoms with Gasteiger partial charge in [-0.3, -0.25) is 0 Å². The Hall–Kier alpha value is -0.680. The van der Waals surface area contributed by atoms with Gasteiger partial charge in [-0.25, -0.2) is 0 Å². The van der Waals surface area contributed by atoms with Crippen molar-refractivity contribution in [2.75, 3.05) is 12.5 Å². The predicted molar refractivity (Wildman–Crippen MR) is 90.9 cm³/mol. The van der Waals surface area contributed by atoms with Gasteiger partial charge in [0.15, 0.2) is 0 Å². The highest BCUT2D eigenvalue weighted by molar-refractivity contribution is 8.01. The fourth-order valence-electron chi connectivity index (χ4n) is 1.77. The lowest BCUT2D eigenvalue weighted by Crippen LogP contribution is -1.99. The lowest BCUT2D eigenvalue weighted by molar-refractivity contribution is 0.177. The molecule has 0 fully saturated rings. The molecular weight excluding hydrogens is 288 g/mol. The molecule has 1 aromatic carbocycles. The van der Waals surface area contributed by atoms with Crippen LogP contribution in [0.2, 0.25) is 0 Å². The Balaban J connectivity index is 2.58. The Morgan fingerprint density at radius 1 is 0.850 bits per heavy atom. The SMILES string of the molecule is CS/C=C/CC(O)c1ccc(C(O)C/C=C/SC)cc1. The lowest BCUT2D eigenvalue weighted by Gasteiger charge is -2.12. The quantitative estimate of drug-likeness (QED) is 0.751. The van der Waals surface area contributed by atoms with Crippen molar-refractivity contribution in [3.8, 4) is 0 Å². The van der Waals surface area contributed by atoms with Crippen LogP contribution in [-0.2, 0) is 0 Å². The first kappa shape index (κ1) is 17.4. The molecule has 110 valence electrons. The molecule has 0 amide bonds. The van der Waals surface area contributed by atoms with E-state index in [1.807, 2.05) is 59.7 Å². The van der Waals surface area contributed by atoms with Gasteiger partial charge in [-0.05, 0) is 47.3 Å². The largest absolute Gasteiger partial charge is 0.388 e. The standard InChI is InChI=1S/C16H22O2S2/c1-19-11-3-5-15(17)13-7-9-14(10-8-13)16(18)6-4-12-20-2/h3-4,7-12,15-18H,5-6H2,1-2H3/b11-3+,12-4+. The highest BCUT2D eigenvalue weighted by Crippen LogP contribution is 2.22. The highest BCUT2D eigenvalue weighted by Gasteiger charge is 2.08. The minimum atomic E-state index is -0.485. The van der Waals surface area contributed by atoms with Crippen molar-refractivity contribution in [2.24, 2.45) is 0 Å². The van der Waals surface area contributed by atoms with Gasteiger partial charge < -0.3 is 10.2 Å². The average molecular weight is 310 g/mol. The van der Waals surface area contributed by atoms with Crippen LogP contribution in [0.15, 0.2) is 47.2 Å². The zero-order valence-corrected chi connectivity index (χ0v) is 13.5. The van der Waals surface area contributed by atoms with Crippen molar-refractivity contribution in [3.63, 3.8) is 0 Å². The van der Waals surface area contributed by atoms with E-state index in [0.29, 0.717) is 12.8 Å². The predicted octanol–water partition coefficient (Wildman–Crippen LogP) is 4.29. The Labute approximate surface area is 130 Å². The molecule has 0 aliphatic heterocycles. The molecule has 0 heterocycles. The first-order chi connectivity index (χ1) is 9.69. The summed E-state index contributed by atoms with van der Waals surface area (Å²) in [5, 5.41) is 24.0. The van der Waals surface area contributed by atoms with E-state index in [-0.39, 0.29) is 0 Å². The molecule has 1 rings (SSSR count). The molecule has 0 aromatic heterocycles. The van der Waals surface area contributed by atoms with Gasteiger partial charge in [-0.2, -0.15) is 0 Å². The number of aliphatic hydroxyl groups excluding tert-OH is 2. The van der Waals surface area contributed by atoms with Gasteiger partial charge >= 0.3 is 0 Å². The van der Waals surface area contributed by atoms with Crippen molar-refractivity contribution in [1.29, 1.82) is 0 Å². The van der Waals surface area contributed by atoms with Crippen LogP contribution in [0.3, 0.4) is 0 Å². The van der Waals surface area contributed by atoms with E-state index in [0.717, 1.165) is 11.1 Å². The number of rotatable bonds is 8. The van der Waals surface area contributed by atoms with Crippen molar-refractivity contribution in [2.45, 2.75) is 25.0 Å². The molecule has 2 unspecified atom stereocenters. The van der Waals surface area contributed by atoms with Gasteiger partial charge in [0, 0.05) is 0 Å². The molecule has 2 nitrogen and oxygen atoms in total. The van der Waals surface area contributed by atoms with E-state index in [4.69, 9.17) is 0 Å². The molecule has 0 spiro atoms. The molecule has 0 saturated heterocycles. The second-order valence-corrected chi connectivity index (χ2v) is 5.87. The molecule has 0 aliphatic carbocycles. The fraction of sp³-hybridized carbons (Fsp3) is 0.375. The number of hydrogen-bond donors (Lipinski definition) is 2.